The number of aldehydes is 1. The molecule has 1 heterocycles. The Balaban J connectivity index is 2.46. The average molecular weight is 257 g/mol. The molecule has 4 heteroatoms. The van der Waals surface area contributed by atoms with Gasteiger partial charge in [0.1, 0.15) is 0 Å². The molecule has 0 unspecified atom stereocenters. The summed E-state index contributed by atoms with van der Waals surface area (Å²) in [6.07, 6.45) is 0.744. The number of carbonyl (C=O) groups is 1. The van der Waals surface area contributed by atoms with Crippen molar-refractivity contribution in [2.45, 2.75) is 0 Å². The Morgan fingerprint density at radius 2 is 1.93 bits per heavy atom. The van der Waals surface area contributed by atoms with E-state index in [2.05, 4.69) is 0 Å². The lowest BCUT2D eigenvalue weighted by Gasteiger charge is -2.00. The zero-order chi connectivity index (χ0) is 10.8. The normalized spacial score (nSPS) is 10.3. The number of benzene rings is 1. The molecule has 15 heavy (non-hydrogen) atoms. The molecule has 0 saturated heterocycles. The van der Waals surface area contributed by atoms with Crippen molar-refractivity contribution in [3.05, 3.63) is 45.3 Å². The summed E-state index contributed by atoms with van der Waals surface area (Å²) in [5.74, 6) is 0. The van der Waals surface area contributed by atoms with E-state index in [0.29, 0.717) is 10.6 Å². The van der Waals surface area contributed by atoms with Crippen LogP contribution in [0.1, 0.15) is 10.4 Å². The van der Waals surface area contributed by atoms with Gasteiger partial charge in [0.05, 0.1) is 9.36 Å². The molecule has 0 bridgehead atoms. The summed E-state index contributed by atoms with van der Waals surface area (Å²) in [4.78, 5) is 11.6. The first-order valence-electron chi connectivity index (χ1n) is 4.21. The van der Waals surface area contributed by atoms with E-state index in [0.717, 1.165) is 21.1 Å². The lowest BCUT2D eigenvalue weighted by molar-refractivity contribution is 0.112. The van der Waals surface area contributed by atoms with Crippen LogP contribution in [0.3, 0.4) is 0 Å². The second-order valence-electron chi connectivity index (χ2n) is 2.96. The summed E-state index contributed by atoms with van der Waals surface area (Å²) < 4.78 is 0.737. The first-order valence-corrected chi connectivity index (χ1v) is 5.78. The number of rotatable bonds is 2. The van der Waals surface area contributed by atoms with Gasteiger partial charge in [-0.05, 0) is 29.8 Å². The molecule has 2 rings (SSSR count). The molecule has 0 fully saturated rings. The van der Waals surface area contributed by atoms with Crippen LogP contribution in [0.4, 0.5) is 0 Å². The maximum atomic E-state index is 10.6. The molecule has 0 N–H and O–H groups in total. The smallest absolute Gasteiger partial charge is 0.151 e. The molecule has 0 atom stereocenters. The van der Waals surface area contributed by atoms with Gasteiger partial charge in [0, 0.05) is 10.4 Å². The highest BCUT2D eigenvalue weighted by atomic mass is 35.5. The van der Waals surface area contributed by atoms with Crippen LogP contribution in [0.15, 0.2) is 30.3 Å². The molecule has 76 valence electrons. The SMILES string of the molecule is O=Cc1ccc(-c2ccc(Cl)s2)cc1Cl. The zero-order valence-corrected chi connectivity index (χ0v) is 9.86. The van der Waals surface area contributed by atoms with Crippen molar-refractivity contribution in [3.63, 3.8) is 0 Å². The third kappa shape index (κ3) is 2.23. The van der Waals surface area contributed by atoms with E-state index in [-0.39, 0.29) is 0 Å². The van der Waals surface area contributed by atoms with Gasteiger partial charge in [0.2, 0.25) is 0 Å². The van der Waals surface area contributed by atoms with E-state index in [1.165, 1.54) is 11.3 Å². The van der Waals surface area contributed by atoms with Gasteiger partial charge in [-0.25, -0.2) is 0 Å². The first-order chi connectivity index (χ1) is 7.20. The summed E-state index contributed by atoms with van der Waals surface area (Å²) in [5.41, 5.74) is 1.48. The molecule has 0 radical (unpaired) electrons. The van der Waals surface area contributed by atoms with Crippen molar-refractivity contribution >= 4 is 40.8 Å². The van der Waals surface area contributed by atoms with Crippen LogP contribution < -0.4 is 0 Å². The minimum absolute atomic E-state index is 0.465. The molecule has 0 amide bonds. The van der Waals surface area contributed by atoms with Crippen LogP contribution in [0.5, 0.6) is 0 Å². The van der Waals surface area contributed by atoms with Crippen molar-refractivity contribution < 1.29 is 4.79 Å². The van der Waals surface area contributed by atoms with Crippen LogP contribution in [0.25, 0.3) is 10.4 Å². The maximum Gasteiger partial charge on any atom is 0.151 e. The minimum Gasteiger partial charge on any atom is -0.298 e. The maximum absolute atomic E-state index is 10.6. The predicted octanol–water partition coefficient (Wildman–Crippen LogP) is 4.53. The predicted molar refractivity (Wildman–Crippen MR) is 65.2 cm³/mol. The summed E-state index contributed by atoms with van der Waals surface area (Å²) in [6, 6.07) is 9.10. The third-order valence-electron chi connectivity index (χ3n) is 1.99. The molecule has 1 aromatic heterocycles. The Bertz CT molecular complexity index is 505. The van der Waals surface area contributed by atoms with E-state index < -0.39 is 0 Å². The highest BCUT2D eigenvalue weighted by Crippen LogP contribution is 2.32. The Morgan fingerprint density at radius 3 is 2.47 bits per heavy atom. The fraction of sp³-hybridized carbons (Fsp3) is 0. The monoisotopic (exact) mass is 256 g/mol. The van der Waals surface area contributed by atoms with E-state index >= 15 is 0 Å². The molecule has 1 nitrogen and oxygen atoms in total. The number of thiophene rings is 1. The fourth-order valence-corrected chi connectivity index (χ4v) is 2.51. The Morgan fingerprint density at radius 1 is 1.13 bits per heavy atom. The van der Waals surface area contributed by atoms with Crippen LogP contribution >= 0.6 is 34.5 Å². The van der Waals surface area contributed by atoms with Gasteiger partial charge in [-0.1, -0.05) is 29.3 Å². The van der Waals surface area contributed by atoms with Crippen molar-refractivity contribution in [1.29, 1.82) is 0 Å². The summed E-state index contributed by atoms with van der Waals surface area (Å²) >= 11 is 13.2. The first kappa shape index (κ1) is 10.7. The Labute approximate surface area is 101 Å². The van der Waals surface area contributed by atoms with Crippen molar-refractivity contribution in [2.24, 2.45) is 0 Å². The molecule has 0 spiro atoms. The highest BCUT2D eigenvalue weighted by Gasteiger charge is 2.04. The Hall–Kier alpha value is -0.830. The van der Waals surface area contributed by atoms with Crippen LogP contribution in [-0.2, 0) is 0 Å². The zero-order valence-electron chi connectivity index (χ0n) is 7.54. The molecular weight excluding hydrogens is 251 g/mol. The number of carbonyl (C=O) groups excluding carboxylic acids is 1. The third-order valence-corrected chi connectivity index (χ3v) is 3.59. The highest BCUT2D eigenvalue weighted by molar-refractivity contribution is 7.19. The van der Waals surface area contributed by atoms with E-state index in [1.807, 2.05) is 18.2 Å². The second kappa shape index (κ2) is 4.35. The molecule has 0 saturated carbocycles. The largest absolute Gasteiger partial charge is 0.298 e. The van der Waals surface area contributed by atoms with Gasteiger partial charge >= 0.3 is 0 Å². The Kier molecular flexibility index (Phi) is 3.10. The average Bonchev–Trinajstić information content (AvgIpc) is 2.65. The number of hydrogen-bond donors (Lipinski definition) is 0. The quantitative estimate of drug-likeness (QED) is 0.722. The minimum atomic E-state index is 0.465. The van der Waals surface area contributed by atoms with Crippen LogP contribution in [0, 0.1) is 0 Å². The molecular formula is C11H6Cl2OS. The topological polar surface area (TPSA) is 17.1 Å². The summed E-state index contributed by atoms with van der Waals surface area (Å²) in [5, 5.41) is 0.465. The van der Waals surface area contributed by atoms with Gasteiger partial charge in [0.25, 0.3) is 0 Å². The second-order valence-corrected chi connectivity index (χ2v) is 5.08. The molecule has 0 aliphatic carbocycles. The van der Waals surface area contributed by atoms with Crippen molar-refractivity contribution in [3.8, 4) is 10.4 Å². The lowest BCUT2D eigenvalue weighted by atomic mass is 10.1. The van der Waals surface area contributed by atoms with Gasteiger partial charge in [-0.15, -0.1) is 11.3 Å². The van der Waals surface area contributed by atoms with E-state index in [4.69, 9.17) is 23.2 Å². The van der Waals surface area contributed by atoms with Gasteiger partial charge in [-0.3, -0.25) is 4.79 Å². The van der Waals surface area contributed by atoms with Crippen LogP contribution in [0.2, 0.25) is 9.36 Å². The molecule has 0 aliphatic rings. The summed E-state index contributed by atoms with van der Waals surface area (Å²) in [7, 11) is 0. The molecule has 1 aromatic carbocycles. The van der Waals surface area contributed by atoms with Crippen LogP contribution in [-0.4, -0.2) is 6.29 Å². The summed E-state index contributed by atoms with van der Waals surface area (Å²) in [6.45, 7) is 0. The van der Waals surface area contributed by atoms with Gasteiger partial charge < -0.3 is 0 Å². The molecule has 2 aromatic rings. The van der Waals surface area contributed by atoms with Gasteiger partial charge in [-0.2, -0.15) is 0 Å². The van der Waals surface area contributed by atoms with Crippen molar-refractivity contribution in [1.82, 2.24) is 0 Å². The fourth-order valence-electron chi connectivity index (χ4n) is 1.25. The van der Waals surface area contributed by atoms with Gasteiger partial charge in [0.15, 0.2) is 6.29 Å². The van der Waals surface area contributed by atoms with E-state index in [9.17, 15) is 4.79 Å². The molecule has 0 aliphatic heterocycles. The number of halogens is 2. The standard InChI is InChI=1S/C11H6Cl2OS/c12-9-5-7(1-2-8(9)6-14)10-3-4-11(13)15-10/h1-6H. The van der Waals surface area contributed by atoms with Crippen molar-refractivity contribution in [2.75, 3.05) is 0 Å². The number of hydrogen-bond acceptors (Lipinski definition) is 2. The lowest BCUT2D eigenvalue weighted by Crippen LogP contribution is -1.82. The van der Waals surface area contributed by atoms with E-state index in [1.54, 1.807) is 12.1 Å².